The lowest BCUT2D eigenvalue weighted by Crippen LogP contribution is -2.52. The van der Waals surface area contributed by atoms with Crippen LogP contribution in [0.4, 0.5) is 8.78 Å². The lowest BCUT2D eigenvalue weighted by molar-refractivity contribution is -0.121. The van der Waals surface area contributed by atoms with Crippen molar-refractivity contribution in [2.45, 2.75) is 180 Å². The highest BCUT2D eigenvalue weighted by Crippen LogP contribution is 2.50. The molecule has 6 atom stereocenters. The van der Waals surface area contributed by atoms with Gasteiger partial charge in [0.2, 0.25) is 23.6 Å². The molecule has 0 unspecified atom stereocenters. The van der Waals surface area contributed by atoms with Crippen LogP contribution in [0.2, 0.25) is 0 Å². The zero-order valence-electron chi connectivity index (χ0n) is 50.7. The maximum atomic E-state index is 14.6. The average Bonchev–Trinajstić information content (AvgIpc) is 0.900. The number of fused-ring (bicyclic) bond motifs is 2. The van der Waals surface area contributed by atoms with Crippen LogP contribution in [0.5, 0.6) is 11.8 Å². The molecule has 2 aromatic carbocycles. The third kappa shape index (κ3) is 18.9. The Kier molecular flexibility index (Phi) is 21.9. The zero-order chi connectivity index (χ0) is 62.0. The van der Waals surface area contributed by atoms with E-state index in [9.17, 15) is 28.6 Å². The Morgan fingerprint density at radius 3 is 1.44 bits per heavy atom. The summed E-state index contributed by atoms with van der Waals surface area (Å²) in [5.41, 5.74) is 7.62. The van der Waals surface area contributed by atoms with Crippen LogP contribution in [-0.4, -0.2) is 108 Å². The fourth-order valence-electron chi connectivity index (χ4n) is 11.8. The largest absolute Gasteiger partial charge is 0.488 e. The second kappa shape index (κ2) is 28.7. The highest BCUT2D eigenvalue weighted by molar-refractivity contribution is 9.10. The Morgan fingerprint density at radius 1 is 0.628 bits per heavy atom. The summed E-state index contributed by atoms with van der Waals surface area (Å²) < 4.78 is 41.9. The molecule has 20 heteroatoms. The maximum absolute atomic E-state index is 14.6. The molecule has 8 N–H and O–H groups in total. The van der Waals surface area contributed by atoms with Crippen LogP contribution >= 0.6 is 15.9 Å². The predicted octanol–water partition coefficient (Wildman–Crippen LogP) is 9.09. The molecule has 4 aromatic heterocycles. The smallest absolute Gasteiger partial charge is 0.471 e. The highest BCUT2D eigenvalue weighted by atomic mass is 79.9. The van der Waals surface area contributed by atoms with Crippen LogP contribution in [0, 0.1) is 22.5 Å². The fourth-order valence-corrected chi connectivity index (χ4v) is 12.4. The molecule has 2 aliphatic heterocycles. The zero-order valence-corrected chi connectivity index (χ0v) is 52.3. The summed E-state index contributed by atoms with van der Waals surface area (Å²) in [6, 6.07) is 19.3. The first-order valence-corrected chi connectivity index (χ1v) is 30.6. The number of halogens is 3. The Hall–Kier alpha value is -6.26. The number of hydrogen-bond donors (Lipinski definition) is 8. The molecule has 2 fully saturated rings. The molecule has 2 saturated carbocycles. The molecule has 10 rings (SSSR count). The van der Waals surface area contributed by atoms with Crippen LogP contribution in [0.15, 0.2) is 114 Å². The monoisotopic (exact) mass is 1240 g/mol. The number of carbonyl (C=O) groups excluding carboxylic acids is 2. The van der Waals surface area contributed by atoms with E-state index in [1.54, 1.807) is 30.6 Å². The summed E-state index contributed by atoms with van der Waals surface area (Å²) in [6.45, 7) is 16.6. The van der Waals surface area contributed by atoms with Gasteiger partial charge in [-0.15, -0.1) is 0 Å². The fraction of sp³-hybridized carbons (Fsp3) is 0.485. The van der Waals surface area contributed by atoms with Crippen molar-refractivity contribution in [1.82, 2.24) is 41.2 Å². The molecule has 2 amide bonds. The molecule has 86 heavy (non-hydrogen) atoms. The molecular weight excluding hydrogens is 1160 g/mol. The third-order valence-corrected chi connectivity index (χ3v) is 16.5. The minimum Gasteiger partial charge on any atom is -0.471 e. The van der Waals surface area contributed by atoms with Crippen LogP contribution in [-0.2, 0) is 35.3 Å². The number of aliphatic hydroxyl groups is 2. The van der Waals surface area contributed by atoms with Gasteiger partial charge in [0.15, 0.2) is 0 Å². The van der Waals surface area contributed by atoms with E-state index in [0.717, 1.165) is 97.6 Å². The van der Waals surface area contributed by atoms with E-state index in [4.69, 9.17) is 24.5 Å². The van der Waals surface area contributed by atoms with E-state index < -0.39 is 31.4 Å². The van der Waals surface area contributed by atoms with Gasteiger partial charge in [-0.25, -0.2) is 18.7 Å². The van der Waals surface area contributed by atoms with Gasteiger partial charge in [0.25, 0.3) is 0 Å². The minimum absolute atomic E-state index is 0.0163. The van der Waals surface area contributed by atoms with Crippen LogP contribution in [0.25, 0.3) is 11.1 Å². The topological polar surface area (TPSA) is 233 Å². The first kappa shape index (κ1) is 65.7. The van der Waals surface area contributed by atoms with Crippen molar-refractivity contribution in [1.29, 1.82) is 0 Å². The van der Waals surface area contributed by atoms with E-state index in [1.165, 1.54) is 50.5 Å². The van der Waals surface area contributed by atoms with Crippen molar-refractivity contribution < 1.29 is 48.1 Å². The maximum Gasteiger partial charge on any atom is 0.488 e. The number of nitrogens with one attached hydrogen (secondary N) is 4. The number of carbonyl (C=O) groups is 2. The van der Waals surface area contributed by atoms with Gasteiger partial charge in [-0.1, -0.05) is 63.5 Å². The normalized spacial score (nSPS) is 18.5. The van der Waals surface area contributed by atoms with E-state index in [2.05, 4.69) is 106 Å². The van der Waals surface area contributed by atoms with Crippen molar-refractivity contribution in [2.75, 3.05) is 13.1 Å². The predicted molar refractivity (Wildman–Crippen MR) is 332 cm³/mol. The summed E-state index contributed by atoms with van der Waals surface area (Å²) >= 11 is 3.32. The van der Waals surface area contributed by atoms with E-state index in [1.807, 2.05) is 30.6 Å². The van der Waals surface area contributed by atoms with Crippen molar-refractivity contribution in [3.8, 4) is 22.9 Å². The summed E-state index contributed by atoms with van der Waals surface area (Å²) in [4.78, 5) is 41.1. The van der Waals surface area contributed by atoms with Gasteiger partial charge in [-0.3, -0.25) is 19.6 Å². The van der Waals surface area contributed by atoms with E-state index in [0.29, 0.717) is 39.2 Å². The summed E-state index contributed by atoms with van der Waals surface area (Å²) in [5.74, 6) is 0.121. The average molecular weight is 1250 g/mol. The molecule has 460 valence electrons. The lowest BCUT2D eigenvalue weighted by Gasteiger charge is -2.47. The van der Waals surface area contributed by atoms with Crippen LogP contribution < -0.4 is 36.2 Å². The van der Waals surface area contributed by atoms with Gasteiger partial charge in [0.1, 0.15) is 22.8 Å². The summed E-state index contributed by atoms with van der Waals surface area (Å²) in [5, 5.41) is 52.4. The number of ether oxygens (including phenoxy) is 2. The number of benzene rings is 2. The van der Waals surface area contributed by atoms with Crippen LogP contribution in [0.1, 0.15) is 152 Å². The highest BCUT2D eigenvalue weighted by Gasteiger charge is 2.48. The van der Waals surface area contributed by atoms with Gasteiger partial charge < -0.3 is 51.0 Å². The van der Waals surface area contributed by atoms with Crippen molar-refractivity contribution in [2.24, 2.45) is 10.8 Å². The molecule has 0 radical (unpaired) electrons. The number of amides is 2. The number of rotatable bonds is 18. The van der Waals surface area contributed by atoms with Gasteiger partial charge in [0.05, 0.1) is 24.3 Å². The number of aliphatic hydroxyl groups excluding tert-OH is 2. The summed E-state index contributed by atoms with van der Waals surface area (Å²) in [6.07, 6.45) is 18.7. The molecular formula is C66H84BBrF2N8O8. The molecule has 0 saturated heterocycles. The van der Waals surface area contributed by atoms with Crippen molar-refractivity contribution in [3.63, 3.8) is 0 Å². The molecule has 6 heterocycles. The summed E-state index contributed by atoms with van der Waals surface area (Å²) in [7, 11) is -1.38. The van der Waals surface area contributed by atoms with Crippen molar-refractivity contribution in [3.05, 3.63) is 159 Å². The third-order valence-electron chi connectivity index (χ3n) is 16.1. The second-order valence-electron chi connectivity index (χ2n) is 26.2. The van der Waals surface area contributed by atoms with Crippen molar-refractivity contribution >= 4 is 40.3 Å². The quantitative estimate of drug-likeness (QED) is 0.0375. The number of nitrogens with zero attached hydrogens (tertiary/aromatic N) is 4. The second-order valence-corrected chi connectivity index (χ2v) is 27.1. The standard InChI is InChI=1S/C33H41FN4O3.C28H37BrFN3O3.C5H6BNO2/c1-21(39)38-28(15-22-12-25(16-26(34)13-22)24-6-10-35-11-7-24)30(40)20-36-29-18-33(8-5-9-33)41-31-27(29)14-23(19-37-31)17-32(2,3)4;1-17(34)33-23(11-18-8-20(29)12-21(30)9-18)25(35)16-31-24-14-28(6-5-7-28)36-26-22(24)10-19(15-32-26)13-27(2,3)4;8-6(9)5-1-3-7-4-2-5/h6-7,10-14,16,19,28-30,36,40H,5,8-9,15,17-18,20H2,1-4H3,(H,38,39);8-10,12,15,23-25,31,35H,5-7,11,13-14,16H2,1-4H3,(H,33,34);1-4,8-9H/t28-,29-,30+;23-,24-,25+;/m00./s1. The number of pyridine rings is 4. The first-order chi connectivity index (χ1) is 40.7. The number of hydrogen-bond acceptors (Lipinski definition) is 14. The Morgan fingerprint density at radius 2 is 1.06 bits per heavy atom. The molecule has 2 spiro atoms. The van der Waals surface area contributed by atoms with Gasteiger partial charge in [-0.05, 0) is 181 Å². The molecule has 16 nitrogen and oxygen atoms in total. The van der Waals surface area contributed by atoms with E-state index >= 15 is 0 Å². The van der Waals surface area contributed by atoms with Gasteiger partial charge >= 0.3 is 7.12 Å². The lowest BCUT2D eigenvalue weighted by atomic mass is 9.73. The molecule has 2 aliphatic carbocycles. The van der Waals surface area contributed by atoms with E-state index in [-0.39, 0.29) is 77.1 Å². The molecule has 0 bridgehead atoms. The first-order valence-electron chi connectivity index (χ1n) is 29.8. The van der Waals surface area contributed by atoms with Gasteiger partial charge in [-0.2, -0.15) is 0 Å². The molecule has 4 aliphatic rings. The van der Waals surface area contributed by atoms with Crippen LogP contribution in [0.3, 0.4) is 0 Å². The Bertz CT molecular complexity index is 3220. The Balaban J connectivity index is 0.000000196. The minimum atomic E-state index is -1.38. The van der Waals surface area contributed by atoms with Gasteiger partial charge in [0, 0.05) is 105 Å². The Labute approximate surface area is 513 Å². The molecule has 6 aromatic rings. The SMILES string of the molecule is CC(=O)N[C@@H](Cc1cc(F)cc(-c2ccncc2)c1)[C@H](O)CN[C@H]1CC2(CCC2)Oc2ncc(CC(C)(C)C)cc21.CC(=O)N[C@@H](Cc1cc(F)cc(Br)c1)[C@H](O)CN[C@H]1CC2(CCC2)Oc2ncc(CC(C)(C)C)cc21.OB(O)c1ccncc1. The number of aromatic nitrogens is 4.